The third-order valence-corrected chi connectivity index (χ3v) is 3.64. The SMILES string of the molecule is CNC(=O)[C@@H]1CCCN(C(=O)[C@H](C)NC(=O)[C@@H](O)C(C)C)N1. The molecule has 0 unspecified atom stereocenters. The molecule has 0 aromatic carbocycles. The number of carbonyl (C=O) groups is 3. The van der Waals surface area contributed by atoms with E-state index in [0.29, 0.717) is 19.4 Å². The Hall–Kier alpha value is -1.67. The summed E-state index contributed by atoms with van der Waals surface area (Å²) in [5.41, 5.74) is 2.87. The molecule has 126 valence electrons. The van der Waals surface area contributed by atoms with Crippen LogP contribution in [0.25, 0.3) is 0 Å². The number of amides is 3. The Labute approximate surface area is 130 Å². The Kier molecular flexibility index (Phi) is 6.76. The number of nitrogens with zero attached hydrogens (tertiary/aromatic N) is 1. The number of hydrogen-bond donors (Lipinski definition) is 4. The number of nitrogens with one attached hydrogen (secondary N) is 3. The van der Waals surface area contributed by atoms with Gasteiger partial charge >= 0.3 is 0 Å². The van der Waals surface area contributed by atoms with Crippen LogP contribution in [0.4, 0.5) is 0 Å². The van der Waals surface area contributed by atoms with Gasteiger partial charge < -0.3 is 15.7 Å². The van der Waals surface area contributed by atoms with Gasteiger partial charge in [-0.25, -0.2) is 5.43 Å². The lowest BCUT2D eigenvalue weighted by Gasteiger charge is -2.34. The standard InChI is InChI=1S/C14H26N4O4/c1-8(2)11(19)13(21)16-9(3)14(22)18-7-5-6-10(17-18)12(20)15-4/h8-11,17,19H,5-7H2,1-4H3,(H,15,20)(H,16,21)/t9-,10-,11-/m0/s1. The van der Waals surface area contributed by atoms with Crippen molar-refractivity contribution in [2.45, 2.75) is 51.8 Å². The fraction of sp³-hybridized carbons (Fsp3) is 0.786. The Morgan fingerprint density at radius 3 is 2.45 bits per heavy atom. The molecular formula is C14H26N4O4. The second-order valence-corrected chi connectivity index (χ2v) is 5.85. The maximum Gasteiger partial charge on any atom is 0.258 e. The Balaban J connectivity index is 2.59. The predicted molar refractivity (Wildman–Crippen MR) is 80.4 cm³/mol. The summed E-state index contributed by atoms with van der Waals surface area (Å²) in [7, 11) is 1.54. The van der Waals surface area contributed by atoms with E-state index in [-0.39, 0.29) is 17.7 Å². The first-order chi connectivity index (χ1) is 10.3. The lowest BCUT2D eigenvalue weighted by molar-refractivity contribution is -0.144. The minimum Gasteiger partial charge on any atom is -0.383 e. The summed E-state index contributed by atoms with van der Waals surface area (Å²) in [4.78, 5) is 35.7. The van der Waals surface area contributed by atoms with Crippen molar-refractivity contribution in [3.8, 4) is 0 Å². The van der Waals surface area contributed by atoms with E-state index in [1.165, 1.54) is 5.01 Å². The molecule has 0 bridgehead atoms. The molecule has 8 heteroatoms. The van der Waals surface area contributed by atoms with E-state index in [0.717, 1.165) is 0 Å². The van der Waals surface area contributed by atoms with Crippen LogP contribution in [0.15, 0.2) is 0 Å². The monoisotopic (exact) mass is 314 g/mol. The van der Waals surface area contributed by atoms with E-state index in [4.69, 9.17) is 0 Å². The normalized spacial score (nSPS) is 21.2. The molecule has 3 amide bonds. The van der Waals surface area contributed by atoms with Crippen molar-refractivity contribution in [2.24, 2.45) is 5.92 Å². The van der Waals surface area contributed by atoms with Crippen LogP contribution in [-0.2, 0) is 14.4 Å². The highest BCUT2D eigenvalue weighted by molar-refractivity contribution is 5.89. The van der Waals surface area contributed by atoms with Crippen molar-refractivity contribution in [3.05, 3.63) is 0 Å². The fourth-order valence-corrected chi connectivity index (χ4v) is 2.21. The van der Waals surface area contributed by atoms with Gasteiger partial charge in [0.25, 0.3) is 5.91 Å². The number of hydrazine groups is 1. The maximum absolute atomic E-state index is 12.3. The van der Waals surface area contributed by atoms with E-state index in [9.17, 15) is 19.5 Å². The quantitative estimate of drug-likeness (QED) is 0.507. The Bertz CT molecular complexity index is 427. The lowest BCUT2D eigenvalue weighted by atomic mass is 10.1. The zero-order valence-corrected chi connectivity index (χ0v) is 13.5. The molecule has 1 aliphatic heterocycles. The molecule has 0 aromatic heterocycles. The highest BCUT2D eigenvalue weighted by Crippen LogP contribution is 2.09. The van der Waals surface area contributed by atoms with Crippen LogP contribution >= 0.6 is 0 Å². The third kappa shape index (κ3) is 4.67. The topological polar surface area (TPSA) is 111 Å². The molecule has 0 aromatic rings. The smallest absolute Gasteiger partial charge is 0.258 e. The van der Waals surface area contributed by atoms with E-state index in [2.05, 4.69) is 16.1 Å². The number of hydrogen-bond acceptors (Lipinski definition) is 5. The highest BCUT2D eigenvalue weighted by atomic mass is 16.3. The number of aliphatic hydroxyl groups is 1. The second kappa shape index (κ2) is 8.09. The maximum atomic E-state index is 12.3. The van der Waals surface area contributed by atoms with Crippen LogP contribution in [-0.4, -0.2) is 59.6 Å². The van der Waals surface area contributed by atoms with Gasteiger partial charge in [0.05, 0.1) is 0 Å². The summed E-state index contributed by atoms with van der Waals surface area (Å²) >= 11 is 0. The number of aliphatic hydroxyl groups excluding tert-OH is 1. The summed E-state index contributed by atoms with van der Waals surface area (Å²) in [5.74, 6) is -1.31. The number of rotatable bonds is 5. The first-order valence-electron chi connectivity index (χ1n) is 7.55. The van der Waals surface area contributed by atoms with E-state index in [1.54, 1.807) is 27.8 Å². The summed E-state index contributed by atoms with van der Waals surface area (Å²) in [6, 6.07) is -1.23. The van der Waals surface area contributed by atoms with E-state index < -0.39 is 24.1 Å². The largest absolute Gasteiger partial charge is 0.383 e. The van der Waals surface area contributed by atoms with Crippen LogP contribution in [0.5, 0.6) is 0 Å². The number of carbonyl (C=O) groups excluding carboxylic acids is 3. The van der Waals surface area contributed by atoms with Gasteiger partial charge in [0.2, 0.25) is 11.8 Å². The molecule has 1 heterocycles. The van der Waals surface area contributed by atoms with Gasteiger partial charge in [-0.05, 0) is 25.7 Å². The first-order valence-corrected chi connectivity index (χ1v) is 7.55. The van der Waals surface area contributed by atoms with Gasteiger partial charge in [-0.3, -0.25) is 19.4 Å². The summed E-state index contributed by atoms with van der Waals surface area (Å²) in [5, 5.41) is 16.1. The molecule has 0 radical (unpaired) electrons. The number of likely N-dealkylation sites (N-methyl/N-ethyl adjacent to an activating group) is 1. The van der Waals surface area contributed by atoms with Gasteiger partial charge in [-0.15, -0.1) is 0 Å². The average molecular weight is 314 g/mol. The molecule has 4 N–H and O–H groups in total. The Morgan fingerprint density at radius 2 is 1.91 bits per heavy atom. The van der Waals surface area contributed by atoms with E-state index in [1.807, 2.05) is 0 Å². The van der Waals surface area contributed by atoms with Crippen molar-refractivity contribution in [2.75, 3.05) is 13.6 Å². The molecule has 1 aliphatic rings. The molecule has 1 fully saturated rings. The van der Waals surface area contributed by atoms with Gasteiger partial charge in [0, 0.05) is 13.6 Å². The van der Waals surface area contributed by atoms with Gasteiger partial charge in [0.15, 0.2) is 0 Å². The molecule has 1 rings (SSSR count). The fourth-order valence-electron chi connectivity index (χ4n) is 2.21. The van der Waals surface area contributed by atoms with Gasteiger partial charge in [0.1, 0.15) is 18.2 Å². The first kappa shape index (κ1) is 18.4. The zero-order chi connectivity index (χ0) is 16.9. The van der Waals surface area contributed by atoms with Crippen molar-refractivity contribution in [1.82, 2.24) is 21.1 Å². The van der Waals surface area contributed by atoms with Crippen LogP contribution in [0.2, 0.25) is 0 Å². The molecule has 22 heavy (non-hydrogen) atoms. The summed E-state index contributed by atoms with van der Waals surface area (Å²) < 4.78 is 0. The zero-order valence-electron chi connectivity index (χ0n) is 13.5. The van der Waals surface area contributed by atoms with Gasteiger partial charge in [-0.1, -0.05) is 13.8 Å². The molecule has 3 atom stereocenters. The van der Waals surface area contributed by atoms with Crippen LogP contribution in [0, 0.1) is 5.92 Å². The lowest BCUT2D eigenvalue weighted by Crippen LogP contribution is -2.61. The Morgan fingerprint density at radius 1 is 1.27 bits per heavy atom. The van der Waals surface area contributed by atoms with Crippen LogP contribution < -0.4 is 16.1 Å². The molecule has 1 saturated heterocycles. The molecule has 8 nitrogen and oxygen atoms in total. The third-order valence-electron chi connectivity index (χ3n) is 3.64. The molecular weight excluding hydrogens is 288 g/mol. The molecule has 0 aliphatic carbocycles. The highest BCUT2D eigenvalue weighted by Gasteiger charge is 2.31. The van der Waals surface area contributed by atoms with Gasteiger partial charge in [-0.2, -0.15) is 0 Å². The predicted octanol–water partition coefficient (Wildman–Crippen LogP) is -1.25. The van der Waals surface area contributed by atoms with E-state index >= 15 is 0 Å². The van der Waals surface area contributed by atoms with Crippen LogP contribution in [0.3, 0.4) is 0 Å². The molecule has 0 spiro atoms. The van der Waals surface area contributed by atoms with Crippen molar-refractivity contribution in [3.63, 3.8) is 0 Å². The van der Waals surface area contributed by atoms with Crippen LogP contribution in [0.1, 0.15) is 33.6 Å². The summed E-state index contributed by atoms with van der Waals surface area (Å²) in [6.45, 7) is 5.46. The molecule has 0 saturated carbocycles. The average Bonchev–Trinajstić information content (AvgIpc) is 2.52. The van der Waals surface area contributed by atoms with Crippen molar-refractivity contribution >= 4 is 17.7 Å². The summed E-state index contributed by atoms with van der Waals surface area (Å²) in [6.07, 6.45) is 0.200. The van der Waals surface area contributed by atoms with Crippen molar-refractivity contribution < 1.29 is 19.5 Å². The second-order valence-electron chi connectivity index (χ2n) is 5.85. The van der Waals surface area contributed by atoms with Crippen molar-refractivity contribution in [1.29, 1.82) is 0 Å². The minimum absolute atomic E-state index is 0.176. The minimum atomic E-state index is -1.15.